The summed E-state index contributed by atoms with van der Waals surface area (Å²) < 4.78 is 30.3. The van der Waals surface area contributed by atoms with Gasteiger partial charge in [0.05, 0.1) is 24.9 Å². The minimum atomic E-state index is -3.64. The average Bonchev–Trinajstić information content (AvgIpc) is 2.44. The van der Waals surface area contributed by atoms with Crippen LogP contribution in [0.4, 0.5) is 5.69 Å². The van der Waals surface area contributed by atoms with E-state index in [1.807, 2.05) is 0 Å². The molecule has 0 aromatic heterocycles. The van der Waals surface area contributed by atoms with E-state index in [2.05, 4.69) is 9.46 Å². The highest BCUT2D eigenvalue weighted by Crippen LogP contribution is 2.14. The summed E-state index contributed by atoms with van der Waals surface area (Å²) in [6.07, 6.45) is -1.20. The molecule has 0 aliphatic heterocycles. The number of benzene rings is 1. The van der Waals surface area contributed by atoms with Crippen molar-refractivity contribution in [2.75, 3.05) is 24.6 Å². The molecule has 1 aromatic carbocycles. The summed E-state index contributed by atoms with van der Waals surface area (Å²) in [5.74, 6) is -0.942. The smallest absolute Gasteiger partial charge is 0.306 e. The number of sulfonamides is 1. The lowest BCUT2D eigenvalue weighted by Gasteiger charge is -2.12. The van der Waals surface area contributed by atoms with Crippen LogP contribution in [0.25, 0.3) is 0 Å². The Balaban J connectivity index is 2.45. The Morgan fingerprint density at radius 3 is 2.57 bits per heavy atom. The van der Waals surface area contributed by atoms with E-state index in [0.29, 0.717) is 11.3 Å². The molecule has 1 rings (SSSR count). The minimum Gasteiger partial charge on any atom is -0.466 e. The number of carbonyl (C=O) groups excluding carboxylic acids is 1. The van der Waals surface area contributed by atoms with Crippen LogP contribution in [0.15, 0.2) is 24.3 Å². The van der Waals surface area contributed by atoms with Crippen LogP contribution < -0.4 is 10.5 Å². The molecule has 0 aliphatic rings. The molecule has 0 saturated carbocycles. The van der Waals surface area contributed by atoms with Gasteiger partial charge in [-0.3, -0.25) is 4.79 Å². The van der Waals surface area contributed by atoms with Crippen LogP contribution in [-0.2, 0) is 19.6 Å². The topological polar surface area (TPSA) is 119 Å². The van der Waals surface area contributed by atoms with Gasteiger partial charge in [-0.1, -0.05) is 12.1 Å². The number of aliphatic hydroxyl groups is 1. The zero-order chi connectivity index (χ0) is 15.9. The lowest BCUT2D eigenvalue weighted by molar-refractivity contribution is -0.142. The Labute approximate surface area is 124 Å². The van der Waals surface area contributed by atoms with Crippen molar-refractivity contribution in [1.29, 1.82) is 0 Å². The molecule has 0 saturated heterocycles. The highest BCUT2D eigenvalue weighted by Gasteiger charge is 2.16. The molecule has 21 heavy (non-hydrogen) atoms. The van der Waals surface area contributed by atoms with Crippen molar-refractivity contribution in [3.8, 4) is 0 Å². The number of aliphatic hydroxyl groups excluding tert-OH is 1. The number of anilines is 1. The van der Waals surface area contributed by atoms with Gasteiger partial charge in [0, 0.05) is 12.2 Å². The molecule has 7 nitrogen and oxygen atoms in total. The molecule has 0 bridgehead atoms. The molecule has 1 aromatic rings. The number of nitrogens with one attached hydrogen (secondary N) is 1. The predicted octanol–water partition coefficient (Wildman–Crippen LogP) is 0.175. The minimum absolute atomic E-state index is 0.172. The number of hydrogen-bond acceptors (Lipinski definition) is 6. The molecule has 4 N–H and O–H groups in total. The second-order valence-electron chi connectivity index (χ2n) is 4.40. The van der Waals surface area contributed by atoms with Crippen molar-refractivity contribution in [3.63, 3.8) is 0 Å². The number of esters is 1. The van der Waals surface area contributed by atoms with E-state index in [0.717, 1.165) is 0 Å². The number of hydrogen-bond donors (Lipinski definition) is 3. The van der Waals surface area contributed by atoms with Crippen molar-refractivity contribution in [3.05, 3.63) is 29.8 Å². The molecular formula is C13H20N2O5S. The first kappa shape index (κ1) is 17.4. The first-order valence-electron chi connectivity index (χ1n) is 6.50. The van der Waals surface area contributed by atoms with Gasteiger partial charge in [-0.05, 0) is 24.6 Å². The maximum Gasteiger partial charge on any atom is 0.306 e. The molecule has 118 valence electrons. The number of nitrogens with two attached hydrogens (primary N) is 1. The normalized spacial score (nSPS) is 12.9. The predicted molar refractivity (Wildman–Crippen MR) is 78.9 cm³/mol. The Kier molecular flexibility index (Phi) is 6.60. The van der Waals surface area contributed by atoms with E-state index in [4.69, 9.17) is 5.73 Å². The monoisotopic (exact) mass is 316 g/mol. The lowest BCUT2D eigenvalue weighted by atomic mass is 10.1. The second kappa shape index (κ2) is 7.96. The summed E-state index contributed by atoms with van der Waals surface area (Å²) in [7, 11) is -3.64. The highest BCUT2D eigenvalue weighted by atomic mass is 32.2. The number of carbonyl (C=O) groups is 1. The van der Waals surface area contributed by atoms with Crippen LogP contribution in [0.3, 0.4) is 0 Å². The van der Waals surface area contributed by atoms with E-state index in [1.54, 1.807) is 31.2 Å². The standard InChI is InChI=1S/C13H20N2O5S/c1-2-20-13(17)7-8-21(18,19)15-9-12(16)10-3-5-11(14)6-4-10/h3-6,12,15-16H,2,7-9,14H2,1H3. The van der Waals surface area contributed by atoms with Crippen molar-refractivity contribution in [2.24, 2.45) is 0 Å². The fraction of sp³-hybridized carbons (Fsp3) is 0.462. The molecule has 0 fully saturated rings. The van der Waals surface area contributed by atoms with Gasteiger partial charge in [-0.2, -0.15) is 0 Å². The van der Waals surface area contributed by atoms with E-state index in [9.17, 15) is 18.3 Å². The van der Waals surface area contributed by atoms with Gasteiger partial charge >= 0.3 is 5.97 Å². The highest BCUT2D eigenvalue weighted by molar-refractivity contribution is 7.89. The van der Waals surface area contributed by atoms with E-state index in [-0.39, 0.29) is 25.3 Å². The first-order chi connectivity index (χ1) is 9.84. The van der Waals surface area contributed by atoms with Crippen LogP contribution in [0.1, 0.15) is 25.0 Å². The van der Waals surface area contributed by atoms with Crippen molar-refractivity contribution in [2.45, 2.75) is 19.4 Å². The van der Waals surface area contributed by atoms with Crippen LogP contribution in [0.2, 0.25) is 0 Å². The van der Waals surface area contributed by atoms with Gasteiger partial charge in [-0.25, -0.2) is 13.1 Å². The van der Waals surface area contributed by atoms with Gasteiger partial charge < -0.3 is 15.6 Å². The van der Waals surface area contributed by atoms with E-state index in [1.165, 1.54) is 0 Å². The molecular weight excluding hydrogens is 296 g/mol. The molecule has 0 aliphatic carbocycles. The summed E-state index contributed by atoms with van der Waals surface area (Å²) in [5.41, 5.74) is 6.64. The zero-order valence-corrected chi connectivity index (χ0v) is 12.6. The second-order valence-corrected chi connectivity index (χ2v) is 6.33. The zero-order valence-electron chi connectivity index (χ0n) is 11.8. The van der Waals surface area contributed by atoms with E-state index < -0.39 is 22.1 Å². The van der Waals surface area contributed by atoms with Crippen LogP contribution in [0, 0.1) is 0 Å². The number of rotatable bonds is 8. The fourth-order valence-corrected chi connectivity index (χ4v) is 2.56. The van der Waals surface area contributed by atoms with Crippen LogP contribution in [-0.4, -0.2) is 38.4 Å². The Morgan fingerprint density at radius 1 is 1.38 bits per heavy atom. The molecule has 1 atom stereocenters. The van der Waals surface area contributed by atoms with Crippen molar-refractivity contribution < 1.29 is 23.1 Å². The Hall–Kier alpha value is -1.64. The first-order valence-corrected chi connectivity index (χ1v) is 8.15. The van der Waals surface area contributed by atoms with Gasteiger partial charge in [0.2, 0.25) is 10.0 Å². The van der Waals surface area contributed by atoms with Gasteiger partial charge in [0.1, 0.15) is 0 Å². The molecule has 0 radical (unpaired) electrons. The van der Waals surface area contributed by atoms with Crippen molar-refractivity contribution in [1.82, 2.24) is 4.72 Å². The summed E-state index contributed by atoms with van der Waals surface area (Å²) in [6.45, 7) is 1.69. The molecule has 1 unspecified atom stereocenters. The summed E-state index contributed by atoms with van der Waals surface area (Å²) >= 11 is 0. The summed E-state index contributed by atoms with van der Waals surface area (Å²) in [4.78, 5) is 11.1. The van der Waals surface area contributed by atoms with Gasteiger partial charge in [0.25, 0.3) is 0 Å². The Morgan fingerprint density at radius 2 is 2.00 bits per heavy atom. The van der Waals surface area contributed by atoms with Crippen LogP contribution in [0.5, 0.6) is 0 Å². The van der Waals surface area contributed by atoms with Gasteiger partial charge in [0.15, 0.2) is 0 Å². The number of ether oxygens (including phenoxy) is 1. The SMILES string of the molecule is CCOC(=O)CCS(=O)(=O)NCC(O)c1ccc(N)cc1. The summed E-state index contributed by atoms with van der Waals surface area (Å²) in [5, 5.41) is 9.88. The van der Waals surface area contributed by atoms with Crippen LogP contribution >= 0.6 is 0 Å². The lowest BCUT2D eigenvalue weighted by Crippen LogP contribution is -2.31. The van der Waals surface area contributed by atoms with E-state index >= 15 is 0 Å². The molecule has 0 heterocycles. The maximum absolute atomic E-state index is 11.7. The summed E-state index contributed by atoms with van der Waals surface area (Å²) in [6, 6.07) is 6.47. The Bertz CT molecular complexity index is 556. The average molecular weight is 316 g/mol. The quantitative estimate of drug-likeness (QED) is 0.465. The van der Waals surface area contributed by atoms with Crippen molar-refractivity contribution >= 4 is 21.7 Å². The third kappa shape index (κ3) is 6.56. The van der Waals surface area contributed by atoms with Gasteiger partial charge in [-0.15, -0.1) is 0 Å². The fourth-order valence-electron chi connectivity index (χ4n) is 1.56. The third-order valence-electron chi connectivity index (χ3n) is 2.70. The largest absolute Gasteiger partial charge is 0.466 e. The number of nitrogen functional groups attached to an aromatic ring is 1. The molecule has 8 heteroatoms. The maximum atomic E-state index is 11.7. The molecule has 0 spiro atoms. The third-order valence-corrected chi connectivity index (χ3v) is 4.05. The molecule has 0 amide bonds.